The third-order valence-electron chi connectivity index (χ3n) is 1.06. The molecule has 0 radical (unpaired) electrons. The molecule has 0 bridgehead atoms. The molecule has 0 aliphatic rings. The van der Waals surface area contributed by atoms with Crippen LogP contribution in [0.2, 0.25) is 5.15 Å². The van der Waals surface area contributed by atoms with Gasteiger partial charge in [0.25, 0.3) is 0 Å². The normalized spacial score (nSPS) is 11.8. The Hall–Kier alpha value is -0.490. The van der Waals surface area contributed by atoms with E-state index in [1.165, 1.54) is 0 Å². The largest absolute Gasteiger partial charge is 0.446 e. The van der Waals surface area contributed by atoms with Crippen LogP contribution in [0.5, 0.6) is 0 Å². The van der Waals surface area contributed by atoms with Crippen molar-refractivity contribution in [3.8, 4) is 0 Å². The smallest absolute Gasteiger partial charge is 0.240 e. The average molecular weight is 229 g/mol. The average Bonchev–Trinajstić information content (AvgIpc) is 1.93. The van der Waals surface area contributed by atoms with Gasteiger partial charge in [-0.15, -0.1) is 0 Å². The molecule has 0 saturated heterocycles. The van der Waals surface area contributed by atoms with E-state index in [4.69, 9.17) is 11.6 Å². The molecule has 0 fully saturated rings. The van der Waals surface area contributed by atoms with Crippen LogP contribution in [0, 0.1) is 6.92 Å². The Morgan fingerprint density at radius 3 is 2.54 bits per heavy atom. The number of aryl methyl sites for hydroxylation is 1. The van der Waals surface area contributed by atoms with E-state index in [1.807, 2.05) is 0 Å². The molecular formula is C6H4ClF3N2S. The predicted molar refractivity (Wildman–Crippen MR) is 43.7 cm³/mol. The number of halogens is 4. The Morgan fingerprint density at radius 2 is 2.08 bits per heavy atom. The van der Waals surface area contributed by atoms with Gasteiger partial charge in [-0.3, -0.25) is 0 Å². The Bertz CT molecular complexity index is 315. The lowest BCUT2D eigenvalue weighted by molar-refractivity contribution is -0.0328. The standard InChI is InChI=1S/C6H4ClF3N2S/c1-3-11-2-4(5(7)12-3)13-6(8,9)10/h2H,1H3. The molecule has 1 aromatic rings. The SMILES string of the molecule is Cc1ncc(SC(F)(F)F)c(Cl)n1. The topological polar surface area (TPSA) is 25.8 Å². The van der Waals surface area contributed by atoms with Crippen molar-refractivity contribution in [2.45, 2.75) is 17.3 Å². The molecule has 0 aliphatic carbocycles. The van der Waals surface area contributed by atoms with E-state index in [-0.39, 0.29) is 21.8 Å². The van der Waals surface area contributed by atoms with E-state index in [9.17, 15) is 13.2 Å². The summed E-state index contributed by atoms with van der Waals surface area (Å²) in [6.45, 7) is 1.55. The molecule has 13 heavy (non-hydrogen) atoms. The molecule has 0 N–H and O–H groups in total. The van der Waals surface area contributed by atoms with Crippen LogP contribution in [0.15, 0.2) is 11.1 Å². The number of thioether (sulfide) groups is 1. The van der Waals surface area contributed by atoms with Gasteiger partial charge in [0.05, 0.1) is 4.90 Å². The van der Waals surface area contributed by atoms with Crippen LogP contribution >= 0.6 is 23.4 Å². The lowest BCUT2D eigenvalue weighted by atomic mass is 10.6. The lowest BCUT2D eigenvalue weighted by Crippen LogP contribution is -2.00. The van der Waals surface area contributed by atoms with Crippen molar-refractivity contribution in [2.24, 2.45) is 0 Å². The van der Waals surface area contributed by atoms with E-state index in [0.717, 1.165) is 6.20 Å². The van der Waals surface area contributed by atoms with Gasteiger partial charge in [-0.05, 0) is 18.7 Å². The molecule has 0 unspecified atom stereocenters. The van der Waals surface area contributed by atoms with Crippen LogP contribution in [0.1, 0.15) is 5.82 Å². The summed E-state index contributed by atoms with van der Waals surface area (Å²) in [6.07, 6.45) is 1.06. The zero-order valence-corrected chi connectivity index (χ0v) is 7.96. The molecule has 7 heteroatoms. The molecular weight excluding hydrogens is 225 g/mol. The Kier molecular flexibility index (Phi) is 3.02. The minimum Gasteiger partial charge on any atom is -0.240 e. The maximum absolute atomic E-state index is 11.9. The maximum Gasteiger partial charge on any atom is 0.446 e. The summed E-state index contributed by atoms with van der Waals surface area (Å²) in [6, 6.07) is 0. The first-order valence-electron chi connectivity index (χ1n) is 3.13. The van der Waals surface area contributed by atoms with Crippen LogP contribution in [0.25, 0.3) is 0 Å². The van der Waals surface area contributed by atoms with Crippen molar-refractivity contribution < 1.29 is 13.2 Å². The molecule has 0 saturated carbocycles. The molecule has 0 amide bonds. The highest BCUT2D eigenvalue weighted by Gasteiger charge is 2.30. The number of nitrogens with zero attached hydrogens (tertiary/aromatic N) is 2. The first-order valence-corrected chi connectivity index (χ1v) is 4.33. The minimum absolute atomic E-state index is 0.171. The van der Waals surface area contributed by atoms with Gasteiger partial charge in [-0.1, -0.05) is 11.6 Å². The summed E-state index contributed by atoms with van der Waals surface area (Å²) in [7, 11) is 0. The van der Waals surface area contributed by atoms with Crippen LogP contribution in [0.4, 0.5) is 13.2 Å². The number of aromatic nitrogens is 2. The fraction of sp³-hybridized carbons (Fsp3) is 0.333. The van der Waals surface area contributed by atoms with E-state index >= 15 is 0 Å². The second kappa shape index (κ2) is 3.71. The highest BCUT2D eigenvalue weighted by Crippen LogP contribution is 2.38. The third-order valence-corrected chi connectivity index (χ3v) is 2.21. The molecule has 2 nitrogen and oxygen atoms in total. The van der Waals surface area contributed by atoms with Crippen molar-refractivity contribution in [1.82, 2.24) is 9.97 Å². The quantitative estimate of drug-likeness (QED) is 0.546. The summed E-state index contributed by atoms with van der Waals surface area (Å²) < 4.78 is 35.6. The molecule has 0 aromatic carbocycles. The maximum atomic E-state index is 11.9. The van der Waals surface area contributed by atoms with Gasteiger partial charge in [-0.2, -0.15) is 13.2 Å². The van der Waals surface area contributed by atoms with E-state index in [1.54, 1.807) is 6.92 Å². The van der Waals surface area contributed by atoms with Gasteiger partial charge >= 0.3 is 5.51 Å². The molecule has 0 spiro atoms. The Morgan fingerprint density at radius 1 is 1.46 bits per heavy atom. The van der Waals surface area contributed by atoms with Crippen molar-refractivity contribution in [1.29, 1.82) is 0 Å². The minimum atomic E-state index is -4.36. The Labute approximate surface area is 81.5 Å². The molecule has 1 rings (SSSR count). The van der Waals surface area contributed by atoms with Crippen molar-refractivity contribution in [3.05, 3.63) is 17.2 Å². The highest BCUT2D eigenvalue weighted by molar-refractivity contribution is 8.00. The lowest BCUT2D eigenvalue weighted by Gasteiger charge is -2.05. The highest BCUT2D eigenvalue weighted by atomic mass is 35.5. The van der Waals surface area contributed by atoms with Gasteiger partial charge in [0.15, 0.2) is 0 Å². The van der Waals surface area contributed by atoms with Gasteiger partial charge in [0, 0.05) is 6.20 Å². The summed E-state index contributed by atoms with van der Waals surface area (Å²) in [4.78, 5) is 7.02. The fourth-order valence-electron chi connectivity index (χ4n) is 0.624. The molecule has 0 atom stereocenters. The first kappa shape index (κ1) is 10.6. The van der Waals surface area contributed by atoms with Crippen molar-refractivity contribution >= 4 is 23.4 Å². The summed E-state index contributed by atoms with van der Waals surface area (Å²) in [5.74, 6) is 0.344. The molecule has 72 valence electrons. The number of rotatable bonds is 1. The number of hydrogen-bond donors (Lipinski definition) is 0. The van der Waals surface area contributed by atoms with Crippen molar-refractivity contribution in [3.63, 3.8) is 0 Å². The van der Waals surface area contributed by atoms with E-state index in [2.05, 4.69) is 9.97 Å². The van der Waals surface area contributed by atoms with Crippen LogP contribution < -0.4 is 0 Å². The van der Waals surface area contributed by atoms with E-state index in [0.29, 0.717) is 5.82 Å². The van der Waals surface area contributed by atoms with Gasteiger partial charge in [0.1, 0.15) is 11.0 Å². The fourth-order valence-corrected chi connectivity index (χ4v) is 1.40. The van der Waals surface area contributed by atoms with Gasteiger partial charge < -0.3 is 0 Å². The summed E-state index contributed by atoms with van der Waals surface area (Å²) in [5, 5.41) is -0.171. The number of alkyl halides is 3. The molecule has 1 heterocycles. The second-order valence-electron chi connectivity index (χ2n) is 2.12. The Balaban J connectivity index is 2.90. The zero-order chi connectivity index (χ0) is 10.1. The molecule has 1 aromatic heterocycles. The monoisotopic (exact) mass is 228 g/mol. The van der Waals surface area contributed by atoms with Gasteiger partial charge in [0.2, 0.25) is 0 Å². The number of hydrogen-bond acceptors (Lipinski definition) is 3. The van der Waals surface area contributed by atoms with Gasteiger partial charge in [-0.25, -0.2) is 9.97 Å². The van der Waals surface area contributed by atoms with Crippen LogP contribution in [0.3, 0.4) is 0 Å². The molecule has 0 aliphatic heterocycles. The zero-order valence-electron chi connectivity index (χ0n) is 6.39. The van der Waals surface area contributed by atoms with Crippen molar-refractivity contribution in [2.75, 3.05) is 0 Å². The summed E-state index contributed by atoms with van der Waals surface area (Å²) >= 11 is 5.14. The van der Waals surface area contributed by atoms with Crippen LogP contribution in [-0.4, -0.2) is 15.5 Å². The van der Waals surface area contributed by atoms with E-state index < -0.39 is 5.51 Å². The third kappa shape index (κ3) is 3.40. The first-order chi connectivity index (χ1) is 5.88. The van der Waals surface area contributed by atoms with Crippen LogP contribution in [-0.2, 0) is 0 Å². The predicted octanol–water partition coefficient (Wildman–Crippen LogP) is 3.05. The second-order valence-corrected chi connectivity index (χ2v) is 3.58. The summed E-state index contributed by atoms with van der Waals surface area (Å²) in [5.41, 5.74) is -4.36.